The van der Waals surface area contributed by atoms with Crippen molar-refractivity contribution in [1.29, 1.82) is 0 Å². The summed E-state index contributed by atoms with van der Waals surface area (Å²) in [6.45, 7) is 7.48. The molecule has 0 saturated carbocycles. The summed E-state index contributed by atoms with van der Waals surface area (Å²) in [5.41, 5.74) is 0. The first-order chi connectivity index (χ1) is 10.5. The zero-order valence-electron chi connectivity index (χ0n) is 14.9. The summed E-state index contributed by atoms with van der Waals surface area (Å²) in [4.78, 5) is 13.2. The molecule has 3 unspecified atom stereocenters. The highest BCUT2D eigenvalue weighted by molar-refractivity contribution is 14.0. The van der Waals surface area contributed by atoms with E-state index in [1.807, 2.05) is 19.6 Å². The molecule has 23 heavy (non-hydrogen) atoms. The van der Waals surface area contributed by atoms with Crippen LogP contribution in [0.4, 0.5) is 0 Å². The first kappa shape index (κ1) is 20.2. The summed E-state index contributed by atoms with van der Waals surface area (Å²) >= 11 is 0. The number of nitrogens with zero attached hydrogens (tertiary/aromatic N) is 5. The lowest BCUT2D eigenvalue weighted by Gasteiger charge is -2.39. The first-order valence-corrected chi connectivity index (χ1v) is 8.12. The average molecular weight is 434 g/mol. The van der Waals surface area contributed by atoms with E-state index < -0.39 is 0 Å². The first-order valence-electron chi connectivity index (χ1n) is 8.12. The third-order valence-corrected chi connectivity index (χ3v) is 4.77. The van der Waals surface area contributed by atoms with Crippen molar-refractivity contribution in [3.63, 3.8) is 0 Å². The Morgan fingerprint density at radius 1 is 1.48 bits per heavy atom. The molecule has 2 heterocycles. The molecule has 0 aromatic carbocycles. The molecule has 2 rings (SSSR count). The van der Waals surface area contributed by atoms with Gasteiger partial charge in [-0.15, -0.1) is 24.0 Å². The molecule has 0 radical (unpaired) electrons. The number of hydrogen-bond acceptors (Lipinski definition) is 3. The van der Waals surface area contributed by atoms with Gasteiger partial charge in [0.1, 0.15) is 0 Å². The van der Waals surface area contributed by atoms with E-state index in [0.29, 0.717) is 18.0 Å². The van der Waals surface area contributed by atoms with Gasteiger partial charge in [-0.3, -0.25) is 4.99 Å². The van der Waals surface area contributed by atoms with Crippen LogP contribution in [0.15, 0.2) is 23.7 Å². The number of guanidine groups is 1. The van der Waals surface area contributed by atoms with E-state index in [1.165, 1.54) is 6.42 Å². The van der Waals surface area contributed by atoms with Gasteiger partial charge in [0.25, 0.3) is 0 Å². The van der Waals surface area contributed by atoms with Crippen LogP contribution in [0.3, 0.4) is 0 Å². The highest BCUT2D eigenvalue weighted by Crippen LogP contribution is 2.27. The van der Waals surface area contributed by atoms with Gasteiger partial charge in [-0.2, -0.15) is 0 Å². The number of aromatic nitrogens is 2. The topological polar surface area (TPSA) is 48.7 Å². The Labute approximate surface area is 157 Å². The third-order valence-electron chi connectivity index (χ3n) is 4.77. The van der Waals surface area contributed by atoms with Crippen molar-refractivity contribution >= 4 is 29.9 Å². The van der Waals surface area contributed by atoms with Gasteiger partial charge < -0.3 is 19.7 Å². The fourth-order valence-corrected chi connectivity index (χ4v) is 2.85. The van der Waals surface area contributed by atoms with E-state index >= 15 is 0 Å². The number of likely N-dealkylation sites (tertiary alicyclic amines) is 1. The van der Waals surface area contributed by atoms with Gasteiger partial charge >= 0.3 is 0 Å². The van der Waals surface area contributed by atoms with Crippen LogP contribution in [0, 0.1) is 5.92 Å². The Morgan fingerprint density at radius 2 is 2.22 bits per heavy atom. The molecule has 1 aliphatic heterocycles. The largest absolute Gasteiger partial charge is 0.355 e. The van der Waals surface area contributed by atoms with Gasteiger partial charge in [-0.1, -0.05) is 6.92 Å². The molecule has 1 aromatic heterocycles. The highest BCUT2D eigenvalue weighted by atomic mass is 127. The van der Waals surface area contributed by atoms with E-state index in [9.17, 15) is 0 Å². The average Bonchev–Trinajstić information content (AvgIpc) is 3.03. The fraction of sp³-hybridized carbons (Fsp3) is 0.750. The summed E-state index contributed by atoms with van der Waals surface area (Å²) in [6.07, 6.45) is 7.02. The normalized spacial score (nSPS) is 23.6. The summed E-state index contributed by atoms with van der Waals surface area (Å²) < 4.78 is 2.23. The van der Waals surface area contributed by atoms with Crippen LogP contribution >= 0.6 is 24.0 Å². The maximum absolute atomic E-state index is 4.47. The minimum absolute atomic E-state index is 0. The zero-order valence-corrected chi connectivity index (χ0v) is 17.3. The summed E-state index contributed by atoms with van der Waals surface area (Å²) in [5.74, 6) is 1.66. The number of aliphatic imine (C=N–C) groups is 1. The Kier molecular flexibility index (Phi) is 8.32. The molecular formula is C16H31IN6. The zero-order chi connectivity index (χ0) is 16.1. The Morgan fingerprint density at radius 3 is 2.78 bits per heavy atom. The highest BCUT2D eigenvalue weighted by Gasteiger charge is 2.28. The van der Waals surface area contributed by atoms with Gasteiger partial charge in [-0.05, 0) is 33.4 Å². The van der Waals surface area contributed by atoms with E-state index in [4.69, 9.17) is 0 Å². The fourth-order valence-electron chi connectivity index (χ4n) is 2.85. The van der Waals surface area contributed by atoms with Crippen LogP contribution in [-0.4, -0.2) is 72.1 Å². The molecule has 1 aromatic rings. The number of halogens is 1. The van der Waals surface area contributed by atoms with E-state index in [1.54, 1.807) is 0 Å². The number of likely N-dealkylation sites (N-methyl/N-ethyl adjacent to an activating group) is 1. The third kappa shape index (κ3) is 5.34. The number of imidazole rings is 1. The van der Waals surface area contributed by atoms with Crippen LogP contribution in [0.1, 0.15) is 26.3 Å². The van der Waals surface area contributed by atoms with Crippen LogP contribution in [0.25, 0.3) is 0 Å². The molecule has 7 heteroatoms. The Hall–Kier alpha value is -0.830. The van der Waals surface area contributed by atoms with Gasteiger partial charge in [0, 0.05) is 45.1 Å². The van der Waals surface area contributed by atoms with E-state index in [0.717, 1.165) is 25.6 Å². The van der Waals surface area contributed by atoms with Crippen molar-refractivity contribution in [1.82, 2.24) is 24.7 Å². The van der Waals surface area contributed by atoms with Crippen molar-refractivity contribution in [2.75, 3.05) is 40.8 Å². The SMILES string of the molecule is CN=C(NCC(C)N(C)C)N1CCC(C)C(n2ccnc2)C1.I. The summed E-state index contributed by atoms with van der Waals surface area (Å²) in [5, 5.41) is 3.51. The lowest BCUT2D eigenvalue weighted by Crippen LogP contribution is -2.51. The van der Waals surface area contributed by atoms with Gasteiger partial charge in [0.2, 0.25) is 0 Å². The molecule has 0 spiro atoms. The standard InChI is InChI=1S/C16H30N6.HI/c1-13-6-8-21(11-15(13)22-9-7-18-12-22)16(17-3)19-10-14(2)20(4)5;/h7,9,12-15H,6,8,10-11H2,1-5H3,(H,17,19);1H. The molecular weight excluding hydrogens is 403 g/mol. The molecule has 0 bridgehead atoms. The smallest absolute Gasteiger partial charge is 0.193 e. The minimum Gasteiger partial charge on any atom is -0.355 e. The molecule has 3 atom stereocenters. The van der Waals surface area contributed by atoms with Crippen molar-refractivity contribution in [2.45, 2.75) is 32.4 Å². The van der Waals surface area contributed by atoms with Gasteiger partial charge in [0.05, 0.1) is 12.4 Å². The van der Waals surface area contributed by atoms with Crippen LogP contribution in [-0.2, 0) is 0 Å². The molecule has 1 fully saturated rings. The maximum atomic E-state index is 4.47. The van der Waals surface area contributed by atoms with Crippen LogP contribution in [0.5, 0.6) is 0 Å². The lowest BCUT2D eigenvalue weighted by atomic mass is 9.93. The van der Waals surface area contributed by atoms with Crippen molar-refractivity contribution in [3.05, 3.63) is 18.7 Å². The van der Waals surface area contributed by atoms with Gasteiger partial charge in [-0.25, -0.2) is 4.98 Å². The lowest BCUT2D eigenvalue weighted by molar-refractivity contribution is 0.188. The summed E-state index contributed by atoms with van der Waals surface area (Å²) in [7, 11) is 6.08. The Balaban J connectivity index is 0.00000264. The van der Waals surface area contributed by atoms with Crippen molar-refractivity contribution in [3.8, 4) is 0 Å². The predicted molar refractivity (Wildman–Crippen MR) is 107 cm³/mol. The monoisotopic (exact) mass is 434 g/mol. The Bertz CT molecular complexity index is 473. The second-order valence-electron chi connectivity index (χ2n) is 6.53. The number of hydrogen-bond donors (Lipinski definition) is 1. The van der Waals surface area contributed by atoms with Crippen LogP contribution < -0.4 is 5.32 Å². The molecule has 6 nitrogen and oxygen atoms in total. The number of nitrogens with one attached hydrogen (secondary N) is 1. The van der Waals surface area contributed by atoms with Crippen molar-refractivity contribution < 1.29 is 0 Å². The van der Waals surface area contributed by atoms with E-state index in [2.05, 4.69) is 63.8 Å². The second kappa shape index (κ2) is 9.46. The molecule has 1 N–H and O–H groups in total. The molecule has 132 valence electrons. The maximum Gasteiger partial charge on any atom is 0.193 e. The van der Waals surface area contributed by atoms with E-state index in [-0.39, 0.29) is 24.0 Å². The predicted octanol–water partition coefficient (Wildman–Crippen LogP) is 1.91. The number of piperidine rings is 1. The van der Waals surface area contributed by atoms with Gasteiger partial charge in [0.15, 0.2) is 5.96 Å². The number of rotatable bonds is 4. The second-order valence-corrected chi connectivity index (χ2v) is 6.53. The molecule has 0 aliphatic carbocycles. The molecule has 0 amide bonds. The van der Waals surface area contributed by atoms with Crippen molar-refractivity contribution in [2.24, 2.45) is 10.9 Å². The molecule has 1 aliphatic rings. The van der Waals surface area contributed by atoms with Crippen LogP contribution in [0.2, 0.25) is 0 Å². The molecule has 1 saturated heterocycles. The quantitative estimate of drug-likeness (QED) is 0.447. The minimum atomic E-state index is 0. The summed E-state index contributed by atoms with van der Waals surface area (Å²) in [6, 6.07) is 0.936.